The summed E-state index contributed by atoms with van der Waals surface area (Å²) in [4.78, 5) is 11.7. The maximum absolute atomic E-state index is 11.7. The molecule has 0 saturated heterocycles. The Morgan fingerprint density at radius 1 is 1.33 bits per heavy atom. The van der Waals surface area contributed by atoms with Crippen molar-refractivity contribution in [2.24, 2.45) is 0 Å². The SMILES string of the molecule is Cc1c(C(C)(C)C)oc(=O)c2sccc12. The zero-order chi connectivity index (χ0) is 11.2. The van der Waals surface area contributed by atoms with Crippen LogP contribution in [0.2, 0.25) is 0 Å². The average molecular weight is 222 g/mol. The number of thiophene rings is 1. The number of hydrogen-bond donors (Lipinski definition) is 0. The van der Waals surface area contributed by atoms with Gasteiger partial charge in [-0.3, -0.25) is 0 Å². The van der Waals surface area contributed by atoms with Gasteiger partial charge in [-0.1, -0.05) is 20.8 Å². The summed E-state index contributed by atoms with van der Waals surface area (Å²) in [7, 11) is 0. The molecular formula is C12H14O2S. The van der Waals surface area contributed by atoms with E-state index in [9.17, 15) is 4.79 Å². The fourth-order valence-electron chi connectivity index (χ4n) is 1.82. The lowest BCUT2D eigenvalue weighted by Crippen LogP contribution is -2.16. The van der Waals surface area contributed by atoms with Crippen LogP contribution < -0.4 is 5.63 Å². The Bertz CT molecular complexity index is 555. The summed E-state index contributed by atoms with van der Waals surface area (Å²) in [5.74, 6) is 0.790. The molecule has 0 aromatic carbocycles. The van der Waals surface area contributed by atoms with Gasteiger partial charge in [0.25, 0.3) is 0 Å². The van der Waals surface area contributed by atoms with Crippen LogP contribution in [0.15, 0.2) is 20.7 Å². The second-order valence-electron chi connectivity index (χ2n) is 4.76. The third-order valence-electron chi connectivity index (χ3n) is 2.47. The minimum absolute atomic E-state index is 0.126. The van der Waals surface area contributed by atoms with Crippen molar-refractivity contribution in [3.63, 3.8) is 0 Å². The average Bonchev–Trinajstić information content (AvgIpc) is 2.58. The normalized spacial score (nSPS) is 12.3. The van der Waals surface area contributed by atoms with Crippen LogP contribution in [0.5, 0.6) is 0 Å². The summed E-state index contributed by atoms with van der Waals surface area (Å²) < 4.78 is 6.12. The van der Waals surface area contributed by atoms with Gasteiger partial charge in [0.2, 0.25) is 0 Å². The van der Waals surface area contributed by atoms with E-state index in [1.54, 1.807) is 0 Å². The smallest absolute Gasteiger partial charge is 0.354 e. The Labute approximate surface area is 92.5 Å². The van der Waals surface area contributed by atoms with Gasteiger partial charge in [0.05, 0.1) is 0 Å². The van der Waals surface area contributed by atoms with E-state index in [-0.39, 0.29) is 11.0 Å². The van der Waals surface area contributed by atoms with Crippen molar-refractivity contribution >= 4 is 21.4 Å². The van der Waals surface area contributed by atoms with Crippen LogP contribution in [0, 0.1) is 6.92 Å². The largest absolute Gasteiger partial charge is 0.426 e. The number of hydrogen-bond acceptors (Lipinski definition) is 3. The molecule has 0 aliphatic carbocycles. The van der Waals surface area contributed by atoms with Gasteiger partial charge in [0, 0.05) is 10.8 Å². The van der Waals surface area contributed by atoms with E-state index >= 15 is 0 Å². The molecule has 0 N–H and O–H groups in total. The van der Waals surface area contributed by atoms with E-state index in [1.165, 1.54) is 11.3 Å². The highest BCUT2D eigenvalue weighted by Gasteiger charge is 2.22. The van der Waals surface area contributed by atoms with E-state index in [2.05, 4.69) is 20.8 Å². The van der Waals surface area contributed by atoms with Gasteiger partial charge in [-0.05, 0) is 23.9 Å². The molecule has 3 heteroatoms. The molecule has 80 valence electrons. The van der Waals surface area contributed by atoms with Crippen LogP contribution in [0.1, 0.15) is 32.1 Å². The number of rotatable bonds is 0. The van der Waals surface area contributed by atoms with Crippen molar-refractivity contribution in [3.05, 3.63) is 33.2 Å². The highest BCUT2D eigenvalue weighted by Crippen LogP contribution is 2.30. The van der Waals surface area contributed by atoms with Crippen LogP contribution in [0.3, 0.4) is 0 Å². The molecular weight excluding hydrogens is 208 g/mol. The molecule has 2 aromatic heterocycles. The highest BCUT2D eigenvalue weighted by molar-refractivity contribution is 7.17. The van der Waals surface area contributed by atoms with E-state index in [1.807, 2.05) is 18.4 Å². The molecule has 0 atom stereocenters. The molecule has 2 aromatic rings. The second kappa shape index (κ2) is 3.20. The standard InChI is InChI=1S/C12H14O2S/c1-7-8-5-6-15-9(8)11(13)14-10(7)12(2,3)4/h5-6H,1-4H3. The fraction of sp³-hybridized carbons (Fsp3) is 0.417. The van der Waals surface area contributed by atoms with Crippen molar-refractivity contribution < 1.29 is 4.42 Å². The van der Waals surface area contributed by atoms with Gasteiger partial charge >= 0.3 is 5.63 Å². The van der Waals surface area contributed by atoms with Crippen LogP contribution in [0.25, 0.3) is 10.1 Å². The molecule has 2 nitrogen and oxygen atoms in total. The summed E-state index contributed by atoms with van der Waals surface area (Å²) in [6.45, 7) is 8.17. The van der Waals surface area contributed by atoms with Crippen LogP contribution >= 0.6 is 11.3 Å². The quantitative estimate of drug-likeness (QED) is 0.683. The zero-order valence-electron chi connectivity index (χ0n) is 9.38. The lowest BCUT2D eigenvalue weighted by Gasteiger charge is -2.19. The predicted molar refractivity (Wildman–Crippen MR) is 63.8 cm³/mol. The molecule has 0 aliphatic rings. The Hall–Kier alpha value is -1.09. The first-order valence-corrected chi connectivity index (χ1v) is 5.80. The van der Waals surface area contributed by atoms with Gasteiger partial charge < -0.3 is 4.42 Å². The maximum atomic E-state index is 11.7. The Kier molecular flexibility index (Phi) is 2.23. The molecule has 0 saturated carbocycles. The maximum Gasteiger partial charge on any atom is 0.354 e. The molecule has 2 heterocycles. The van der Waals surface area contributed by atoms with Crippen LogP contribution in [0.4, 0.5) is 0 Å². The van der Waals surface area contributed by atoms with Crippen molar-refractivity contribution in [2.75, 3.05) is 0 Å². The van der Waals surface area contributed by atoms with E-state index in [0.29, 0.717) is 0 Å². The Morgan fingerprint density at radius 3 is 2.60 bits per heavy atom. The molecule has 0 amide bonds. The molecule has 0 unspecified atom stereocenters. The first kappa shape index (κ1) is 10.4. The predicted octanol–water partition coefficient (Wildman–Crippen LogP) is 3.46. The topological polar surface area (TPSA) is 30.2 Å². The fourth-order valence-corrected chi connectivity index (χ4v) is 2.64. The summed E-state index contributed by atoms with van der Waals surface area (Å²) >= 11 is 1.44. The van der Waals surface area contributed by atoms with Crippen molar-refractivity contribution in [1.29, 1.82) is 0 Å². The van der Waals surface area contributed by atoms with Gasteiger partial charge in [-0.2, -0.15) is 0 Å². The van der Waals surface area contributed by atoms with Gasteiger partial charge in [-0.15, -0.1) is 11.3 Å². The molecule has 0 radical (unpaired) electrons. The Balaban J connectivity index is 2.89. The van der Waals surface area contributed by atoms with E-state index in [0.717, 1.165) is 21.4 Å². The van der Waals surface area contributed by atoms with E-state index in [4.69, 9.17) is 4.42 Å². The lowest BCUT2D eigenvalue weighted by molar-refractivity contribution is 0.379. The summed E-state index contributed by atoms with van der Waals surface area (Å²) in [5, 5.41) is 2.96. The first-order chi connectivity index (χ1) is 6.91. The van der Waals surface area contributed by atoms with Gasteiger partial charge in [0.1, 0.15) is 10.5 Å². The van der Waals surface area contributed by atoms with E-state index < -0.39 is 0 Å². The number of aryl methyl sites for hydroxylation is 1. The molecule has 0 aliphatic heterocycles. The lowest BCUT2D eigenvalue weighted by atomic mass is 9.89. The second-order valence-corrected chi connectivity index (χ2v) is 5.67. The minimum atomic E-state index is -0.212. The highest BCUT2D eigenvalue weighted by atomic mass is 32.1. The van der Waals surface area contributed by atoms with Gasteiger partial charge in [-0.25, -0.2) is 4.79 Å². The third kappa shape index (κ3) is 1.61. The Morgan fingerprint density at radius 2 is 2.00 bits per heavy atom. The minimum Gasteiger partial charge on any atom is -0.426 e. The molecule has 15 heavy (non-hydrogen) atoms. The van der Waals surface area contributed by atoms with Crippen LogP contribution in [-0.4, -0.2) is 0 Å². The molecule has 0 bridgehead atoms. The van der Waals surface area contributed by atoms with Gasteiger partial charge in [0.15, 0.2) is 0 Å². The summed E-state index contributed by atoms with van der Waals surface area (Å²) in [6.07, 6.45) is 0. The molecule has 0 spiro atoms. The van der Waals surface area contributed by atoms with Crippen LogP contribution in [-0.2, 0) is 5.41 Å². The monoisotopic (exact) mass is 222 g/mol. The first-order valence-electron chi connectivity index (χ1n) is 4.92. The zero-order valence-corrected chi connectivity index (χ0v) is 10.2. The third-order valence-corrected chi connectivity index (χ3v) is 3.37. The molecule has 2 rings (SSSR count). The number of fused-ring (bicyclic) bond motifs is 1. The summed E-state index contributed by atoms with van der Waals surface area (Å²) in [6, 6.07) is 1.99. The summed E-state index contributed by atoms with van der Waals surface area (Å²) in [5.41, 5.74) is 0.744. The van der Waals surface area contributed by atoms with Crippen molar-refractivity contribution in [1.82, 2.24) is 0 Å². The van der Waals surface area contributed by atoms with Crippen molar-refractivity contribution in [2.45, 2.75) is 33.1 Å². The van der Waals surface area contributed by atoms with Crippen molar-refractivity contribution in [3.8, 4) is 0 Å². The molecule has 0 fully saturated rings.